The highest BCUT2D eigenvalue weighted by Gasteiger charge is 2.56. The lowest BCUT2D eigenvalue weighted by Crippen LogP contribution is -2.38. The molecule has 2 aromatic rings. The SMILES string of the molecule is O=C(N[C@H]1C2CN(Cc3ccccc3)C[C@@H]21)[C@H](c1ccccc1)C1CCCC1. The number of rotatable bonds is 6. The first kappa shape index (κ1) is 17.9. The molecule has 28 heavy (non-hydrogen) atoms. The fraction of sp³-hybridized carbons (Fsp3) is 0.480. The molecule has 2 saturated carbocycles. The minimum atomic E-state index is 0.0328. The zero-order chi connectivity index (χ0) is 18.9. The Balaban J connectivity index is 1.19. The summed E-state index contributed by atoms with van der Waals surface area (Å²) in [7, 11) is 0. The Hall–Kier alpha value is -2.13. The van der Waals surface area contributed by atoms with Gasteiger partial charge in [-0.05, 0) is 41.7 Å². The van der Waals surface area contributed by atoms with Crippen LogP contribution in [0.4, 0.5) is 0 Å². The molecular formula is C25H30N2O. The van der Waals surface area contributed by atoms with Crippen LogP contribution in [-0.2, 0) is 11.3 Å². The van der Waals surface area contributed by atoms with E-state index in [1.54, 1.807) is 0 Å². The van der Waals surface area contributed by atoms with Crippen molar-refractivity contribution in [3.8, 4) is 0 Å². The summed E-state index contributed by atoms with van der Waals surface area (Å²) in [5.41, 5.74) is 2.58. The number of carbonyl (C=O) groups excluding carboxylic acids is 1. The van der Waals surface area contributed by atoms with Gasteiger partial charge in [-0.3, -0.25) is 9.69 Å². The molecule has 3 fully saturated rings. The Labute approximate surface area is 168 Å². The molecule has 2 aliphatic carbocycles. The van der Waals surface area contributed by atoms with Gasteiger partial charge in [0.15, 0.2) is 0 Å². The van der Waals surface area contributed by atoms with Crippen LogP contribution in [-0.4, -0.2) is 29.9 Å². The number of carbonyl (C=O) groups is 1. The van der Waals surface area contributed by atoms with Gasteiger partial charge in [-0.15, -0.1) is 0 Å². The highest BCUT2D eigenvalue weighted by atomic mass is 16.2. The van der Waals surface area contributed by atoms with E-state index in [1.165, 1.54) is 36.8 Å². The zero-order valence-electron chi connectivity index (χ0n) is 16.5. The molecule has 1 unspecified atom stereocenters. The van der Waals surface area contributed by atoms with E-state index in [0.29, 0.717) is 23.8 Å². The lowest BCUT2D eigenvalue weighted by Gasteiger charge is -2.25. The van der Waals surface area contributed by atoms with E-state index in [1.807, 2.05) is 6.07 Å². The van der Waals surface area contributed by atoms with Crippen molar-refractivity contribution >= 4 is 5.91 Å². The van der Waals surface area contributed by atoms with Crippen LogP contribution < -0.4 is 5.32 Å². The van der Waals surface area contributed by atoms with E-state index in [2.05, 4.69) is 64.8 Å². The first-order chi connectivity index (χ1) is 13.8. The van der Waals surface area contributed by atoms with Crippen molar-refractivity contribution in [3.05, 3.63) is 71.8 Å². The quantitative estimate of drug-likeness (QED) is 0.822. The van der Waals surface area contributed by atoms with E-state index in [-0.39, 0.29) is 11.8 Å². The first-order valence-electron chi connectivity index (χ1n) is 10.9. The summed E-state index contributed by atoms with van der Waals surface area (Å²) in [6, 6.07) is 21.6. The van der Waals surface area contributed by atoms with Crippen molar-refractivity contribution in [1.82, 2.24) is 10.2 Å². The monoisotopic (exact) mass is 374 g/mol. The lowest BCUT2D eigenvalue weighted by molar-refractivity contribution is -0.124. The number of nitrogens with zero attached hydrogens (tertiary/aromatic N) is 1. The largest absolute Gasteiger partial charge is 0.352 e. The fourth-order valence-electron chi connectivity index (χ4n) is 5.64. The Morgan fingerprint density at radius 3 is 2.18 bits per heavy atom. The molecule has 3 heteroatoms. The second kappa shape index (κ2) is 7.71. The minimum Gasteiger partial charge on any atom is -0.352 e. The number of hydrogen-bond acceptors (Lipinski definition) is 2. The number of nitrogens with one attached hydrogen (secondary N) is 1. The number of likely N-dealkylation sites (tertiary alicyclic amines) is 1. The molecule has 0 bridgehead atoms. The Bertz CT molecular complexity index is 788. The van der Waals surface area contributed by atoms with Crippen molar-refractivity contribution in [2.24, 2.45) is 17.8 Å². The summed E-state index contributed by atoms with van der Waals surface area (Å²) in [4.78, 5) is 15.8. The molecule has 3 nitrogen and oxygen atoms in total. The molecule has 5 rings (SSSR count). The van der Waals surface area contributed by atoms with Crippen LogP contribution >= 0.6 is 0 Å². The van der Waals surface area contributed by atoms with E-state index in [0.717, 1.165) is 19.6 Å². The average Bonchev–Trinajstić information content (AvgIpc) is 3.13. The van der Waals surface area contributed by atoms with Gasteiger partial charge in [-0.25, -0.2) is 0 Å². The summed E-state index contributed by atoms with van der Waals surface area (Å²) in [5.74, 6) is 2.11. The van der Waals surface area contributed by atoms with Gasteiger partial charge in [0.1, 0.15) is 0 Å². The molecule has 146 valence electrons. The van der Waals surface area contributed by atoms with E-state index < -0.39 is 0 Å². The molecule has 1 N–H and O–H groups in total. The third kappa shape index (κ3) is 3.60. The van der Waals surface area contributed by atoms with Crippen LogP contribution in [0.15, 0.2) is 60.7 Å². The van der Waals surface area contributed by atoms with Crippen molar-refractivity contribution in [1.29, 1.82) is 0 Å². The highest BCUT2D eigenvalue weighted by molar-refractivity contribution is 5.84. The molecule has 4 atom stereocenters. The predicted molar refractivity (Wildman–Crippen MR) is 112 cm³/mol. The standard InChI is InChI=1S/C25H30N2O/c28-25(23(20-13-7-8-14-20)19-11-5-2-6-12-19)26-24-21-16-27(17-22(21)24)15-18-9-3-1-4-10-18/h1-6,9-12,20-24H,7-8,13-17H2,(H,26,28)/t21-,22?,23+,24+/m0/s1. The third-order valence-corrected chi connectivity index (χ3v) is 7.14. The maximum absolute atomic E-state index is 13.3. The second-order valence-electron chi connectivity index (χ2n) is 8.97. The average molecular weight is 375 g/mol. The van der Waals surface area contributed by atoms with Crippen LogP contribution in [0.3, 0.4) is 0 Å². The summed E-state index contributed by atoms with van der Waals surface area (Å²) in [6.07, 6.45) is 4.92. The zero-order valence-corrected chi connectivity index (χ0v) is 16.5. The van der Waals surface area contributed by atoms with Crippen molar-refractivity contribution < 1.29 is 4.79 Å². The molecule has 1 aliphatic heterocycles. The first-order valence-corrected chi connectivity index (χ1v) is 10.9. The molecule has 1 heterocycles. The Morgan fingerprint density at radius 2 is 1.54 bits per heavy atom. The fourth-order valence-corrected chi connectivity index (χ4v) is 5.64. The Morgan fingerprint density at radius 1 is 0.929 bits per heavy atom. The van der Waals surface area contributed by atoms with Gasteiger partial charge in [-0.2, -0.15) is 0 Å². The molecule has 1 amide bonds. The van der Waals surface area contributed by atoms with Gasteiger partial charge >= 0.3 is 0 Å². The topological polar surface area (TPSA) is 32.3 Å². The van der Waals surface area contributed by atoms with Crippen molar-refractivity contribution in [2.45, 2.75) is 44.2 Å². The highest BCUT2D eigenvalue weighted by Crippen LogP contribution is 2.47. The maximum atomic E-state index is 13.3. The van der Waals surface area contributed by atoms with Gasteiger partial charge in [0.05, 0.1) is 5.92 Å². The summed E-state index contributed by atoms with van der Waals surface area (Å²) in [6.45, 7) is 3.26. The van der Waals surface area contributed by atoms with Gasteiger partial charge in [0.2, 0.25) is 5.91 Å². The van der Waals surface area contributed by atoms with Crippen LogP contribution in [0.1, 0.15) is 42.7 Å². The van der Waals surface area contributed by atoms with Crippen LogP contribution in [0, 0.1) is 17.8 Å². The van der Waals surface area contributed by atoms with Crippen LogP contribution in [0.25, 0.3) is 0 Å². The number of benzene rings is 2. The molecule has 0 radical (unpaired) electrons. The smallest absolute Gasteiger partial charge is 0.228 e. The van der Waals surface area contributed by atoms with Crippen molar-refractivity contribution in [2.75, 3.05) is 13.1 Å². The molecule has 3 aliphatic rings. The third-order valence-electron chi connectivity index (χ3n) is 7.14. The molecular weight excluding hydrogens is 344 g/mol. The lowest BCUT2D eigenvalue weighted by atomic mass is 9.84. The van der Waals surface area contributed by atoms with Crippen LogP contribution in [0.2, 0.25) is 0 Å². The summed E-state index contributed by atoms with van der Waals surface area (Å²) in [5, 5.41) is 3.45. The summed E-state index contributed by atoms with van der Waals surface area (Å²) < 4.78 is 0. The molecule has 1 saturated heterocycles. The molecule has 0 spiro atoms. The van der Waals surface area contributed by atoms with E-state index in [4.69, 9.17) is 0 Å². The van der Waals surface area contributed by atoms with Crippen molar-refractivity contribution in [3.63, 3.8) is 0 Å². The van der Waals surface area contributed by atoms with Gasteiger partial charge in [0.25, 0.3) is 0 Å². The second-order valence-corrected chi connectivity index (χ2v) is 8.97. The number of hydrogen-bond donors (Lipinski definition) is 1. The van der Waals surface area contributed by atoms with Gasteiger partial charge < -0.3 is 5.32 Å². The minimum absolute atomic E-state index is 0.0328. The molecule has 0 aromatic heterocycles. The summed E-state index contributed by atoms with van der Waals surface area (Å²) >= 11 is 0. The predicted octanol–water partition coefficient (Wildman–Crippen LogP) is 4.21. The maximum Gasteiger partial charge on any atom is 0.228 e. The normalized spacial score (nSPS) is 28.1. The van der Waals surface area contributed by atoms with E-state index in [9.17, 15) is 4.79 Å². The van der Waals surface area contributed by atoms with Crippen LogP contribution in [0.5, 0.6) is 0 Å². The Kier molecular flexibility index (Phi) is 4.94. The molecule has 2 aromatic carbocycles. The number of fused-ring (bicyclic) bond motifs is 1. The number of amides is 1. The van der Waals surface area contributed by atoms with E-state index >= 15 is 0 Å². The van der Waals surface area contributed by atoms with Gasteiger partial charge in [-0.1, -0.05) is 73.5 Å². The number of piperidine rings is 1. The van der Waals surface area contributed by atoms with Gasteiger partial charge in [0, 0.05) is 25.7 Å².